The van der Waals surface area contributed by atoms with Crippen molar-refractivity contribution >= 4 is 23.9 Å². The summed E-state index contributed by atoms with van der Waals surface area (Å²) in [5.74, 6) is -25.3. The van der Waals surface area contributed by atoms with E-state index in [-0.39, 0.29) is 6.07 Å². The SMILES string of the molecule is O=C(O[C@@H]1O[C@H](CO)[C@@H](O)[C@@H]2OC(=O)c3cc(O)c(O)c(O)c3-c3c(O)c(O)c(O)c(-c4c(C(=O)O[C@@H]5O[C@H](CO)[C@@H](O)[C@H](O)[C@H]5O)cc(O)c(O)c4O)c3C(=O)O[C@@H]12)c1cc(O)c(O)c(O)c1. The molecule has 0 aliphatic carbocycles. The molecule has 4 aromatic rings. The van der Waals surface area contributed by atoms with Gasteiger partial charge in [-0.05, 0) is 24.3 Å². The highest BCUT2D eigenvalue weighted by molar-refractivity contribution is 6.15. The minimum atomic E-state index is -2.57. The lowest BCUT2D eigenvalue weighted by Gasteiger charge is -2.42. The third-order valence-corrected chi connectivity index (χ3v) is 11.0. The van der Waals surface area contributed by atoms with E-state index in [2.05, 4.69) is 0 Å². The van der Waals surface area contributed by atoms with E-state index in [0.717, 1.165) is 0 Å². The molecule has 0 aromatic heterocycles. The molecule has 0 amide bonds. The molecule has 0 bridgehead atoms. The van der Waals surface area contributed by atoms with E-state index in [9.17, 15) is 111 Å². The Balaban J connectivity index is 1.50. The Morgan fingerprint density at radius 1 is 0.456 bits per heavy atom. The monoisotopic (exact) mass is 964 g/mol. The number of carbonyl (C=O) groups is 4. The van der Waals surface area contributed by atoms with Gasteiger partial charge in [-0.15, -0.1) is 0 Å². The Kier molecular flexibility index (Phi) is 12.5. The number of phenols is 12. The first-order chi connectivity index (χ1) is 31.9. The summed E-state index contributed by atoms with van der Waals surface area (Å²) in [6.45, 7) is -2.25. The Morgan fingerprint density at radius 3 is 1.51 bits per heavy atom. The van der Waals surface area contributed by atoms with Crippen LogP contribution in [0.3, 0.4) is 0 Å². The Morgan fingerprint density at radius 2 is 0.926 bits per heavy atom. The van der Waals surface area contributed by atoms with Gasteiger partial charge in [-0.2, -0.15) is 0 Å². The van der Waals surface area contributed by atoms with Crippen LogP contribution < -0.4 is 0 Å². The van der Waals surface area contributed by atoms with Gasteiger partial charge in [-0.3, -0.25) is 0 Å². The number of rotatable bonds is 7. The molecule has 0 spiro atoms. The number of hydrogen-bond donors (Lipinski definition) is 18. The van der Waals surface area contributed by atoms with Crippen molar-refractivity contribution in [2.24, 2.45) is 0 Å². The van der Waals surface area contributed by atoms with E-state index in [4.69, 9.17) is 28.4 Å². The fourth-order valence-corrected chi connectivity index (χ4v) is 7.51. The lowest BCUT2D eigenvalue weighted by Crippen LogP contribution is -2.62. The lowest BCUT2D eigenvalue weighted by atomic mass is 9.84. The summed E-state index contributed by atoms with van der Waals surface area (Å²) >= 11 is 0. The molecule has 2 saturated heterocycles. The van der Waals surface area contributed by atoms with Crippen LogP contribution in [-0.2, 0) is 28.4 Å². The van der Waals surface area contributed by atoms with Crippen molar-refractivity contribution in [1.29, 1.82) is 0 Å². The number of benzene rings is 4. The second kappa shape index (κ2) is 17.7. The number of esters is 4. The minimum Gasteiger partial charge on any atom is -0.504 e. The summed E-state index contributed by atoms with van der Waals surface area (Å²) in [6.07, 6.45) is -22.4. The van der Waals surface area contributed by atoms with Crippen molar-refractivity contribution in [2.75, 3.05) is 13.2 Å². The molecule has 4 aromatic carbocycles. The van der Waals surface area contributed by atoms with Crippen LogP contribution in [0.25, 0.3) is 22.3 Å². The fraction of sp³-hybridized carbons (Fsp3) is 0.300. The number of aromatic hydroxyl groups is 12. The van der Waals surface area contributed by atoms with Gasteiger partial charge in [0, 0.05) is 22.3 Å². The van der Waals surface area contributed by atoms with Gasteiger partial charge in [0.2, 0.25) is 35.9 Å². The zero-order chi connectivity index (χ0) is 50.1. The van der Waals surface area contributed by atoms with Crippen LogP contribution in [0.15, 0.2) is 24.3 Å². The van der Waals surface area contributed by atoms with Gasteiger partial charge in [0.15, 0.2) is 57.8 Å². The summed E-state index contributed by atoms with van der Waals surface area (Å²) in [6, 6.07) is 1.70. The number of carbonyl (C=O) groups excluding carboxylic acids is 4. The number of phenolic OH excluding ortho intramolecular Hbond substituents is 12. The van der Waals surface area contributed by atoms with Gasteiger partial charge in [0.1, 0.15) is 36.6 Å². The maximum Gasteiger partial charge on any atom is 0.341 e. The van der Waals surface area contributed by atoms with Gasteiger partial charge < -0.3 is 120 Å². The average Bonchev–Trinajstić information content (AvgIpc) is 3.30. The quantitative estimate of drug-likeness (QED) is 0.0515. The summed E-state index contributed by atoms with van der Waals surface area (Å²) in [4.78, 5) is 56.6. The van der Waals surface area contributed by atoms with Crippen molar-refractivity contribution < 1.29 is 140 Å². The van der Waals surface area contributed by atoms with Crippen LogP contribution in [0.5, 0.6) is 69.0 Å². The normalized spacial score (nSPS) is 25.7. The summed E-state index contributed by atoms with van der Waals surface area (Å²) in [5, 5.41) is 192. The van der Waals surface area contributed by atoms with Crippen molar-refractivity contribution in [1.82, 2.24) is 0 Å². The topological polar surface area (TPSA) is 488 Å². The molecule has 0 radical (unpaired) electrons. The maximum absolute atomic E-state index is 14.9. The first-order valence-corrected chi connectivity index (χ1v) is 19.2. The third-order valence-electron chi connectivity index (χ3n) is 11.0. The lowest BCUT2D eigenvalue weighted by molar-refractivity contribution is -0.285. The zero-order valence-electron chi connectivity index (χ0n) is 33.6. The molecule has 7 rings (SSSR count). The average molecular weight is 965 g/mol. The van der Waals surface area contributed by atoms with Gasteiger partial charge >= 0.3 is 23.9 Å². The van der Waals surface area contributed by atoms with Crippen molar-refractivity contribution in [3.8, 4) is 91.2 Å². The molecule has 28 heteroatoms. The number of ether oxygens (including phenoxy) is 6. The van der Waals surface area contributed by atoms with E-state index < -0.39 is 212 Å². The third kappa shape index (κ3) is 7.76. The zero-order valence-corrected chi connectivity index (χ0v) is 33.6. The summed E-state index contributed by atoms with van der Waals surface area (Å²) in [5.41, 5.74) is -10.6. The molecule has 0 saturated carbocycles. The Labute approximate surface area is 375 Å². The molecule has 3 aliphatic rings. The van der Waals surface area contributed by atoms with Crippen molar-refractivity contribution in [2.45, 2.75) is 61.4 Å². The van der Waals surface area contributed by atoms with Crippen LogP contribution >= 0.6 is 0 Å². The predicted molar refractivity (Wildman–Crippen MR) is 208 cm³/mol. The second-order valence-electron chi connectivity index (χ2n) is 15.0. The Bertz CT molecular complexity index is 2730. The molecular weight excluding hydrogens is 928 g/mol. The van der Waals surface area contributed by atoms with Gasteiger partial charge in [-0.1, -0.05) is 0 Å². The smallest absolute Gasteiger partial charge is 0.341 e. The number of fused-ring (bicyclic) bond motifs is 4. The molecule has 3 aliphatic heterocycles. The van der Waals surface area contributed by atoms with Crippen molar-refractivity contribution in [3.05, 3.63) is 46.5 Å². The molecule has 3 heterocycles. The summed E-state index contributed by atoms with van der Waals surface area (Å²) in [7, 11) is 0. The first-order valence-electron chi connectivity index (χ1n) is 19.2. The van der Waals surface area contributed by atoms with Gasteiger partial charge in [-0.25, -0.2) is 19.2 Å². The van der Waals surface area contributed by atoms with Crippen molar-refractivity contribution in [3.63, 3.8) is 0 Å². The molecule has 0 unspecified atom stereocenters. The molecule has 10 atom stereocenters. The fourth-order valence-electron chi connectivity index (χ4n) is 7.51. The maximum atomic E-state index is 14.9. The highest BCUT2D eigenvalue weighted by Crippen LogP contribution is 2.59. The highest BCUT2D eigenvalue weighted by Gasteiger charge is 2.54. The summed E-state index contributed by atoms with van der Waals surface area (Å²) < 4.78 is 32.0. The molecule has 18 N–H and O–H groups in total. The molecule has 28 nitrogen and oxygen atoms in total. The van der Waals surface area contributed by atoms with Crippen LogP contribution in [0.2, 0.25) is 0 Å². The van der Waals surface area contributed by atoms with E-state index in [1.807, 2.05) is 0 Å². The number of aliphatic hydroxyl groups is 6. The van der Waals surface area contributed by atoms with Gasteiger partial charge in [0.25, 0.3) is 0 Å². The molecular formula is C40H36O28. The van der Waals surface area contributed by atoms with E-state index in [1.165, 1.54) is 0 Å². The second-order valence-corrected chi connectivity index (χ2v) is 15.0. The largest absolute Gasteiger partial charge is 0.504 e. The molecule has 2 fully saturated rings. The standard InChI is InChI=1S/C40H36O28/c41-5-14-24(50)30(56)32(58)39(63-14)68-37(61)9-4-13(46)23(49)27(53)17(9)19-20-18(28(54)31(57)29(19)55)16-8(3-12(45)22(48)26(16)52)36(60)65-33-25(51)15(6-42)64-40(34(33)66-38(20)62)67-35(59)7-1-10(43)21(47)11(44)2-7/h1-4,14-15,24-25,30,32-34,39-58H,5-6H2/t14-,15-,24-,25-,30+,32-,33+,34-,39+,40+/m1/s1. The van der Waals surface area contributed by atoms with E-state index in [1.54, 1.807) is 0 Å². The van der Waals surface area contributed by atoms with Gasteiger partial charge in [0.05, 0.1) is 35.5 Å². The van der Waals surface area contributed by atoms with Crippen LogP contribution in [-0.4, -0.2) is 190 Å². The van der Waals surface area contributed by atoms with Crippen LogP contribution in [0.1, 0.15) is 41.4 Å². The van der Waals surface area contributed by atoms with E-state index >= 15 is 0 Å². The minimum absolute atomic E-state index is 0.259. The Hall–Kier alpha value is -7.96. The first kappa shape index (κ1) is 48.0. The number of hydrogen-bond acceptors (Lipinski definition) is 28. The van der Waals surface area contributed by atoms with E-state index in [0.29, 0.717) is 18.2 Å². The van der Waals surface area contributed by atoms with Crippen LogP contribution in [0.4, 0.5) is 0 Å². The highest BCUT2D eigenvalue weighted by atomic mass is 16.7. The van der Waals surface area contributed by atoms with Crippen LogP contribution in [0, 0.1) is 0 Å². The number of aliphatic hydroxyl groups excluding tert-OH is 6. The molecule has 364 valence electrons. The molecule has 68 heavy (non-hydrogen) atoms. The predicted octanol–water partition coefficient (Wildman–Crippen LogP) is -2.56.